The molecule has 0 spiro atoms. The van der Waals surface area contributed by atoms with Crippen LogP contribution in [-0.4, -0.2) is 11.3 Å². The van der Waals surface area contributed by atoms with Crippen LogP contribution in [0.2, 0.25) is 0 Å². The van der Waals surface area contributed by atoms with Crippen molar-refractivity contribution in [3.63, 3.8) is 0 Å². The van der Waals surface area contributed by atoms with Crippen molar-refractivity contribution in [3.05, 3.63) is 17.6 Å². The highest BCUT2D eigenvalue weighted by Gasteiger charge is 2.34. The van der Waals surface area contributed by atoms with E-state index in [9.17, 15) is 26.3 Å². The Morgan fingerprint density at radius 2 is 1.88 bits per heavy atom. The van der Waals surface area contributed by atoms with Gasteiger partial charge in [-0.2, -0.15) is 4.39 Å². The first-order valence-corrected chi connectivity index (χ1v) is 3.70. The van der Waals surface area contributed by atoms with Crippen molar-refractivity contribution in [2.24, 2.45) is 0 Å². The summed E-state index contributed by atoms with van der Waals surface area (Å²) in [7, 11) is 0. The van der Waals surface area contributed by atoms with E-state index in [1.165, 1.54) is 0 Å². The van der Waals surface area contributed by atoms with E-state index in [4.69, 9.17) is 5.73 Å². The molecule has 0 fully saturated rings. The Bertz CT molecular complexity index is 391. The number of hydrogen-bond donors (Lipinski definition) is 1. The Morgan fingerprint density at radius 3 is 2.31 bits per heavy atom. The van der Waals surface area contributed by atoms with Crippen molar-refractivity contribution < 1.29 is 31.1 Å². The third-order valence-electron chi connectivity index (χ3n) is 1.46. The standard InChI is InChI=1S/C7H4F6N2O/c8-3-1-2(16-7(11,12)13)4(5(9)10)6(14)15-3/h1,5H,(H2,14,15). The summed E-state index contributed by atoms with van der Waals surface area (Å²) in [5.41, 5.74) is 3.57. The average Bonchev–Trinajstić information content (AvgIpc) is 1.96. The first-order valence-electron chi connectivity index (χ1n) is 3.70. The van der Waals surface area contributed by atoms with E-state index >= 15 is 0 Å². The number of nitrogens with two attached hydrogens (primary N) is 1. The van der Waals surface area contributed by atoms with Gasteiger partial charge in [-0.3, -0.25) is 0 Å². The molecular weight excluding hydrogens is 242 g/mol. The van der Waals surface area contributed by atoms with Crippen LogP contribution in [0.5, 0.6) is 5.75 Å². The van der Waals surface area contributed by atoms with E-state index in [0.717, 1.165) is 0 Å². The second-order valence-electron chi connectivity index (χ2n) is 2.59. The third kappa shape index (κ3) is 2.91. The monoisotopic (exact) mass is 246 g/mol. The summed E-state index contributed by atoms with van der Waals surface area (Å²) in [5, 5.41) is 0. The van der Waals surface area contributed by atoms with E-state index in [2.05, 4.69) is 9.72 Å². The van der Waals surface area contributed by atoms with Gasteiger partial charge in [0.1, 0.15) is 17.1 Å². The molecule has 3 nitrogen and oxygen atoms in total. The molecule has 1 aromatic heterocycles. The molecule has 16 heavy (non-hydrogen) atoms. The van der Waals surface area contributed by atoms with Gasteiger partial charge in [0.05, 0.1) is 0 Å². The normalized spacial score (nSPS) is 11.9. The summed E-state index contributed by atoms with van der Waals surface area (Å²) in [5.74, 6) is -3.89. The zero-order chi connectivity index (χ0) is 12.5. The highest BCUT2D eigenvalue weighted by atomic mass is 19.4. The van der Waals surface area contributed by atoms with Gasteiger partial charge in [-0.1, -0.05) is 0 Å². The predicted molar refractivity (Wildman–Crippen MR) is 40.2 cm³/mol. The van der Waals surface area contributed by atoms with Gasteiger partial charge in [0.2, 0.25) is 5.95 Å². The number of nitrogen functional groups attached to an aromatic ring is 1. The van der Waals surface area contributed by atoms with Crippen LogP contribution in [0.3, 0.4) is 0 Å². The summed E-state index contributed by atoms with van der Waals surface area (Å²) in [6.07, 6.45) is -8.57. The first-order chi connectivity index (χ1) is 7.20. The summed E-state index contributed by atoms with van der Waals surface area (Å²) < 4.78 is 75.8. The summed E-state index contributed by atoms with van der Waals surface area (Å²) in [6.45, 7) is 0. The number of anilines is 1. The molecule has 0 aromatic carbocycles. The topological polar surface area (TPSA) is 48.1 Å². The zero-order valence-corrected chi connectivity index (χ0v) is 7.36. The summed E-state index contributed by atoms with van der Waals surface area (Å²) in [4.78, 5) is 2.77. The lowest BCUT2D eigenvalue weighted by Crippen LogP contribution is -2.19. The first kappa shape index (κ1) is 12.4. The fourth-order valence-corrected chi connectivity index (χ4v) is 0.948. The molecule has 1 aromatic rings. The van der Waals surface area contributed by atoms with Crippen molar-refractivity contribution in [3.8, 4) is 5.75 Å². The SMILES string of the molecule is Nc1nc(F)cc(OC(F)(F)F)c1C(F)F. The second-order valence-corrected chi connectivity index (χ2v) is 2.59. The molecule has 90 valence electrons. The minimum Gasteiger partial charge on any atom is -0.405 e. The molecule has 1 rings (SSSR count). The molecule has 0 amide bonds. The molecule has 0 radical (unpaired) electrons. The minimum absolute atomic E-state index is 0.0886. The molecule has 2 N–H and O–H groups in total. The lowest BCUT2D eigenvalue weighted by Gasteiger charge is -2.13. The van der Waals surface area contributed by atoms with Gasteiger partial charge in [-0.25, -0.2) is 13.8 Å². The quantitative estimate of drug-likeness (QED) is 0.644. The number of nitrogens with zero attached hydrogens (tertiary/aromatic N) is 1. The van der Waals surface area contributed by atoms with E-state index in [-0.39, 0.29) is 6.07 Å². The second kappa shape index (κ2) is 4.06. The molecule has 0 atom stereocenters. The molecule has 0 aliphatic rings. The van der Waals surface area contributed by atoms with Crippen LogP contribution < -0.4 is 10.5 Å². The van der Waals surface area contributed by atoms with Crippen LogP contribution in [0, 0.1) is 5.95 Å². The number of rotatable bonds is 2. The Balaban J connectivity index is 3.24. The van der Waals surface area contributed by atoms with Crippen molar-refractivity contribution in [1.29, 1.82) is 0 Å². The van der Waals surface area contributed by atoms with Crippen LogP contribution in [0.25, 0.3) is 0 Å². The maximum atomic E-state index is 12.6. The van der Waals surface area contributed by atoms with Crippen molar-refractivity contribution in [2.75, 3.05) is 5.73 Å². The summed E-state index contributed by atoms with van der Waals surface area (Å²) in [6, 6.07) is 0.0886. The largest absolute Gasteiger partial charge is 0.573 e. The molecule has 0 aliphatic heterocycles. The minimum atomic E-state index is -5.22. The van der Waals surface area contributed by atoms with Crippen molar-refractivity contribution in [2.45, 2.75) is 12.8 Å². The fraction of sp³-hybridized carbons (Fsp3) is 0.286. The number of pyridine rings is 1. The van der Waals surface area contributed by atoms with Gasteiger partial charge >= 0.3 is 6.36 Å². The van der Waals surface area contributed by atoms with E-state index in [0.29, 0.717) is 0 Å². The van der Waals surface area contributed by atoms with E-state index in [1.54, 1.807) is 0 Å². The predicted octanol–water partition coefficient (Wildman–Crippen LogP) is 2.64. The van der Waals surface area contributed by atoms with Gasteiger partial charge in [0.15, 0.2) is 0 Å². The molecular formula is C7H4F6N2O. The molecule has 0 bridgehead atoms. The number of alkyl halides is 5. The third-order valence-corrected chi connectivity index (χ3v) is 1.46. The highest BCUT2D eigenvalue weighted by Crippen LogP contribution is 2.36. The summed E-state index contributed by atoms with van der Waals surface area (Å²) >= 11 is 0. The number of ether oxygens (including phenoxy) is 1. The van der Waals surface area contributed by atoms with Crippen LogP contribution in [0.15, 0.2) is 6.07 Å². The Morgan fingerprint density at radius 1 is 1.31 bits per heavy atom. The van der Waals surface area contributed by atoms with Gasteiger partial charge < -0.3 is 10.5 Å². The van der Waals surface area contributed by atoms with Gasteiger partial charge in [0.25, 0.3) is 6.43 Å². The molecule has 0 unspecified atom stereocenters. The molecule has 0 saturated carbocycles. The van der Waals surface area contributed by atoms with Crippen molar-refractivity contribution >= 4 is 5.82 Å². The van der Waals surface area contributed by atoms with Crippen LogP contribution in [0.4, 0.5) is 32.2 Å². The number of halogens is 6. The highest BCUT2D eigenvalue weighted by molar-refractivity contribution is 5.49. The van der Waals surface area contributed by atoms with Crippen LogP contribution in [0.1, 0.15) is 12.0 Å². The van der Waals surface area contributed by atoms with Gasteiger partial charge in [-0.05, 0) is 0 Å². The molecule has 0 aliphatic carbocycles. The molecule has 9 heteroatoms. The Labute approximate surface area is 84.8 Å². The van der Waals surface area contributed by atoms with Gasteiger partial charge in [0, 0.05) is 6.07 Å². The van der Waals surface area contributed by atoms with Crippen LogP contribution in [-0.2, 0) is 0 Å². The lowest BCUT2D eigenvalue weighted by molar-refractivity contribution is -0.275. The number of hydrogen-bond acceptors (Lipinski definition) is 3. The number of aromatic nitrogens is 1. The lowest BCUT2D eigenvalue weighted by atomic mass is 10.2. The van der Waals surface area contributed by atoms with E-state index < -0.39 is 35.9 Å². The Hall–Kier alpha value is -1.67. The zero-order valence-electron chi connectivity index (χ0n) is 7.36. The Kier molecular flexibility index (Phi) is 3.15. The van der Waals surface area contributed by atoms with Gasteiger partial charge in [-0.15, -0.1) is 13.2 Å². The fourth-order valence-electron chi connectivity index (χ4n) is 0.948. The maximum Gasteiger partial charge on any atom is 0.573 e. The smallest absolute Gasteiger partial charge is 0.405 e. The van der Waals surface area contributed by atoms with E-state index in [1.807, 2.05) is 0 Å². The molecule has 1 heterocycles. The average molecular weight is 246 g/mol. The maximum absolute atomic E-state index is 12.6. The molecule has 0 saturated heterocycles. The van der Waals surface area contributed by atoms with Crippen molar-refractivity contribution in [1.82, 2.24) is 4.98 Å². The van der Waals surface area contributed by atoms with Crippen LogP contribution >= 0.6 is 0 Å².